The van der Waals surface area contributed by atoms with E-state index in [1.165, 1.54) is 30.0 Å². The van der Waals surface area contributed by atoms with E-state index in [2.05, 4.69) is 53.2 Å². The van der Waals surface area contributed by atoms with Gasteiger partial charge < -0.3 is 10.2 Å². The maximum atomic E-state index is 10.2. The molecule has 0 atom stereocenters. The largest absolute Gasteiger partial charge is 0.481 e. The summed E-state index contributed by atoms with van der Waals surface area (Å²) in [4.78, 5) is 0. The maximum Gasteiger partial charge on any atom is 0.278 e. The van der Waals surface area contributed by atoms with E-state index in [-0.39, 0.29) is 0 Å². The normalized spacial score (nSPS) is 14.5. The molecule has 1 heterocycles. The van der Waals surface area contributed by atoms with E-state index in [4.69, 9.17) is 5.10 Å². The standard InChI is InChI=1S/C29H30N2O2/c1-20-8-7-11-23(16-20)27(29(32)33)18-26-19-28(30-31(26)25-12-3-2-4-13-25)24-15-14-21-9-5-6-10-22(21)17-24/h5-11,14-17,19,25,32-33H,2-4,12-13,18H2,1H3. The molecule has 0 bridgehead atoms. The number of aromatic nitrogens is 2. The number of nitrogens with zero attached hydrogens (tertiary/aromatic N) is 2. The average molecular weight is 439 g/mol. The van der Waals surface area contributed by atoms with E-state index >= 15 is 0 Å². The van der Waals surface area contributed by atoms with Crippen LogP contribution in [0.25, 0.3) is 27.6 Å². The summed E-state index contributed by atoms with van der Waals surface area (Å²) >= 11 is 0. The quantitative estimate of drug-likeness (QED) is 0.316. The van der Waals surface area contributed by atoms with Gasteiger partial charge >= 0.3 is 0 Å². The van der Waals surface area contributed by atoms with Gasteiger partial charge in [0.25, 0.3) is 5.95 Å². The average Bonchev–Trinajstić information content (AvgIpc) is 3.26. The van der Waals surface area contributed by atoms with Gasteiger partial charge in [0.05, 0.1) is 11.7 Å². The molecule has 1 aliphatic carbocycles. The molecule has 0 amide bonds. The highest BCUT2D eigenvalue weighted by Gasteiger charge is 2.22. The number of aryl methyl sites for hydroxylation is 1. The molecule has 0 radical (unpaired) electrons. The van der Waals surface area contributed by atoms with Crippen molar-refractivity contribution in [2.24, 2.45) is 0 Å². The molecule has 168 valence electrons. The van der Waals surface area contributed by atoms with Crippen molar-refractivity contribution in [2.45, 2.75) is 51.5 Å². The van der Waals surface area contributed by atoms with Crippen molar-refractivity contribution >= 4 is 16.3 Å². The zero-order valence-electron chi connectivity index (χ0n) is 19.0. The molecule has 4 nitrogen and oxygen atoms in total. The Kier molecular flexibility index (Phi) is 5.91. The van der Waals surface area contributed by atoms with Crippen molar-refractivity contribution in [3.8, 4) is 11.3 Å². The second-order valence-corrected chi connectivity index (χ2v) is 9.17. The van der Waals surface area contributed by atoms with Crippen LogP contribution in [0.1, 0.15) is 55.0 Å². The number of benzene rings is 3. The summed E-state index contributed by atoms with van der Waals surface area (Å²) in [6, 6.07) is 25.2. The predicted molar refractivity (Wildman–Crippen MR) is 134 cm³/mol. The molecule has 4 aromatic rings. The zero-order chi connectivity index (χ0) is 22.8. The smallest absolute Gasteiger partial charge is 0.278 e. The number of allylic oxidation sites excluding steroid dienone is 1. The van der Waals surface area contributed by atoms with Crippen LogP contribution in [0.5, 0.6) is 0 Å². The Morgan fingerprint density at radius 1 is 0.879 bits per heavy atom. The van der Waals surface area contributed by atoms with Crippen LogP contribution in [-0.2, 0) is 6.42 Å². The first kappa shape index (κ1) is 21.3. The summed E-state index contributed by atoms with van der Waals surface area (Å²) in [6.07, 6.45) is 6.34. The van der Waals surface area contributed by atoms with Crippen LogP contribution in [-0.4, -0.2) is 20.0 Å². The Morgan fingerprint density at radius 3 is 2.42 bits per heavy atom. The molecule has 2 N–H and O–H groups in total. The summed E-state index contributed by atoms with van der Waals surface area (Å²) in [6.45, 7) is 2.01. The highest BCUT2D eigenvalue weighted by atomic mass is 16.5. The molecule has 1 aromatic heterocycles. The number of rotatable bonds is 5. The van der Waals surface area contributed by atoms with Crippen LogP contribution in [0.3, 0.4) is 0 Å². The molecular formula is C29H30N2O2. The lowest BCUT2D eigenvalue weighted by Crippen LogP contribution is -2.17. The van der Waals surface area contributed by atoms with Crippen LogP contribution in [0, 0.1) is 6.92 Å². The fourth-order valence-corrected chi connectivity index (χ4v) is 5.02. The number of aliphatic hydroxyl groups excluding tert-OH is 1. The fourth-order valence-electron chi connectivity index (χ4n) is 5.02. The van der Waals surface area contributed by atoms with E-state index in [1.54, 1.807) is 0 Å². The van der Waals surface area contributed by atoms with Gasteiger partial charge in [-0.2, -0.15) is 5.10 Å². The van der Waals surface area contributed by atoms with Crippen LogP contribution >= 0.6 is 0 Å². The van der Waals surface area contributed by atoms with Crippen LogP contribution in [0.2, 0.25) is 0 Å². The fraction of sp³-hybridized carbons (Fsp3) is 0.276. The number of aliphatic hydroxyl groups is 2. The van der Waals surface area contributed by atoms with Crippen molar-refractivity contribution in [3.05, 3.63) is 95.6 Å². The number of hydrogen-bond acceptors (Lipinski definition) is 3. The summed E-state index contributed by atoms with van der Waals surface area (Å²) in [5.41, 5.74) is 5.48. The summed E-state index contributed by atoms with van der Waals surface area (Å²) < 4.78 is 2.16. The third-order valence-electron chi connectivity index (χ3n) is 6.77. The number of hydrogen-bond donors (Lipinski definition) is 2. The third kappa shape index (κ3) is 4.51. The van der Waals surface area contributed by atoms with Gasteiger partial charge in [-0.05, 0) is 48.2 Å². The molecule has 1 aliphatic rings. The Morgan fingerprint density at radius 2 is 1.67 bits per heavy atom. The van der Waals surface area contributed by atoms with Crippen LogP contribution < -0.4 is 0 Å². The maximum absolute atomic E-state index is 10.2. The van der Waals surface area contributed by atoms with Gasteiger partial charge in [-0.1, -0.05) is 85.5 Å². The summed E-state index contributed by atoms with van der Waals surface area (Å²) in [5, 5.41) is 27.8. The first-order valence-electron chi connectivity index (χ1n) is 11.8. The van der Waals surface area contributed by atoms with Crippen molar-refractivity contribution in [1.82, 2.24) is 9.78 Å². The molecule has 0 spiro atoms. The van der Waals surface area contributed by atoms with Gasteiger partial charge in [0, 0.05) is 23.3 Å². The first-order chi connectivity index (χ1) is 16.1. The topological polar surface area (TPSA) is 58.3 Å². The van der Waals surface area contributed by atoms with Crippen molar-refractivity contribution in [1.29, 1.82) is 0 Å². The van der Waals surface area contributed by atoms with E-state index in [0.717, 1.165) is 40.9 Å². The number of fused-ring (bicyclic) bond motifs is 1. The highest BCUT2D eigenvalue weighted by molar-refractivity contribution is 5.86. The summed E-state index contributed by atoms with van der Waals surface area (Å²) in [7, 11) is 0. The van der Waals surface area contributed by atoms with Crippen molar-refractivity contribution < 1.29 is 10.2 Å². The van der Waals surface area contributed by atoms with Crippen LogP contribution in [0.4, 0.5) is 0 Å². The predicted octanol–water partition coefficient (Wildman–Crippen LogP) is 7.54. The molecule has 1 fully saturated rings. The second-order valence-electron chi connectivity index (χ2n) is 9.17. The SMILES string of the molecule is Cc1cccc(C(Cc2cc(-c3ccc4ccccc4c3)nn2C2CCCCC2)=C(O)O)c1. The van der Waals surface area contributed by atoms with E-state index < -0.39 is 5.95 Å². The van der Waals surface area contributed by atoms with E-state index in [9.17, 15) is 10.2 Å². The monoisotopic (exact) mass is 438 g/mol. The first-order valence-corrected chi connectivity index (χ1v) is 11.8. The van der Waals surface area contributed by atoms with Crippen molar-refractivity contribution in [2.75, 3.05) is 0 Å². The van der Waals surface area contributed by atoms with Gasteiger partial charge in [0.1, 0.15) is 0 Å². The minimum atomic E-state index is -0.621. The highest BCUT2D eigenvalue weighted by Crippen LogP contribution is 2.34. The second kappa shape index (κ2) is 9.14. The lowest BCUT2D eigenvalue weighted by Gasteiger charge is -2.24. The van der Waals surface area contributed by atoms with Gasteiger partial charge in [0.2, 0.25) is 0 Å². The van der Waals surface area contributed by atoms with Crippen molar-refractivity contribution in [3.63, 3.8) is 0 Å². The Hall–Kier alpha value is -3.53. The third-order valence-corrected chi connectivity index (χ3v) is 6.77. The lowest BCUT2D eigenvalue weighted by molar-refractivity contribution is 0.193. The zero-order valence-corrected chi connectivity index (χ0v) is 19.0. The molecule has 4 heteroatoms. The minimum absolute atomic E-state index is 0.350. The van der Waals surface area contributed by atoms with Gasteiger partial charge in [-0.15, -0.1) is 0 Å². The minimum Gasteiger partial charge on any atom is -0.481 e. The molecule has 0 saturated heterocycles. The molecule has 33 heavy (non-hydrogen) atoms. The molecule has 3 aromatic carbocycles. The molecule has 1 saturated carbocycles. The molecule has 0 aliphatic heterocycles. The molecular weight excluding hydrogens is 408 g/mol. The van der Waals surface area contributed by atoms with Crippen LogP contribution in [0.15, 0.2) is 78.7 Å². The molecule has 5 rings (SSSR count). The summed E-state index contributed by atoms with van der Waals surface area (Å²) in [5.74, 6) is -0.621. The van der Waals surface area contributed by atoms with E-state index in [1.807, 2.05) is 31.2 Å². The van der Waals surface area contributed by atoms with Gasteiger partial charge in [-0.3, -0.25) is 4.68 Å². The van der Waals surface area contributed by atoms with Gasteiger partial charge in [0.15, 0.2) is 0 Å². The van der Waals surface area contributed by atoms with Gasteiger partial charge in [-0.25, -0.2) is 0 Å². The van der Waals surface area contributed by atoms with E-state index in [0.29, 0.717) is 18.0 Å². The molecule has 0 unspecified atom stereocenters. The Labute approximate surface area is 194 Å². The Balaban J connectivity index is 1.57. The Bertz CT molecular complexity index is 1310. The lowest BCUT2D eigenvalue weighted by atomic mass is 9.94.